The molecule has 3 rings (SSSR count). The Bertz CT molecular complexity index is 708. The number of aromatic nitrogens is 1. The van der Waals surface area contributed by atoms with Crippen LogP contribution in [-0.2, 0) is 4.79 Å². The Morgan fingerprint density at radius 1 is 1.29 bits per heavy atom. The number of nitrogens with zero attached hydrogens (tertiary/aromatic N) is 2. The van der Waals surface area contributed by atoms with E-state index in [1.165, 1.54) is 0 Å². The van der Waals surface area contributed by atoms with Crippen molar-refractivity contribution in [1.82, 2.24) is 9.88 Å². The van der Waals surface area contributed by atoms with E-state index < -0.39 is 11.9 Å². The third-order valence-electron chi connectivity index (χ3n) is 4.20. The molecule has 1 aromatic heterocycles. The lowest BCUT2D eigenvalue weighted by Gasteiger charge is -2.23. The second-order valence-electron chi connectivity index (χ2n) is 5.35. The molecule has 1 aliphatic heterocycles. The molecule has 2 aromatic rings. The molecule has 108 valence electrons. The molecule has 0 spiro atoms. The number of hydrogen-bond donors (Lipinski definition) is 1. The molecule has 0 radical (unpaired) electrons. The second-order valence-corrected chi connectivity index (χ2v) is 5.35. The van der Waals surface area contributed by atoms with E-state index in [2.05, 4.69) is 4.98 Å². The van der Waals surface area contributed by atoms with Crippen LogP contribution in [0.5, 0.6) is 0 Å². The predicted molar refractivity (Wildman–Crippen MR) is 78.0 cm³/mol. The third-order valence-corrected chi connectivity index (χ3v) is 4.20. The number of aliphatic carboxylic acids is 1. The van der Waals surface area contributed by atoms with Crippen LogP contribution in [-0.4, -0.2) is 39.5 Å². The van der Waals surface area contributed by atoms with Gasteiger partial charge in [-0.3, -0.25) is 14.6 Å². The fourth-order valence-electron chi connectivity index (χ4n) is 2.99. The van der Waals surface area contributed by atoms with Crippen LogP contribution in [0.1, 0.15) is 23.7 Å². The average molecular weight is 284 g/mol. The van der Waals surface area contributed by atoms with Gasteiger partial charge in [-0.15, -0.1) is 0 Å². The number of rotatable bonds is 2. The first kappa shape index (κ1) is 13.5. The fourth-order valence-corrected chi connectivity index (χ4v) is 2.99. The van der Waals surface area contributed by atoms with Crippen molar-refractivity contribution in [2.45, 2.75) is 19.4 Å². The summed E-state index contributed by atoms with van der Waals surface area (Å²) in [5.41, 5.74) is 1.20. The number of carboxylic acids is 1. The molecule has 21 heavy (non-hydrogen) atoms. The number of fused-ring (bicyclic) bond motifs is 1. The summed E-state index contributed by atoms with van der Waals surface area (Å²) in [7, 11) is 0. The summed E-state index contributed by atoms with van der Waals surface area (Å²) in [4.78, 5) is 29.8. The first-order valence-corrected chi connectivity index (χ1v) is 6.97. The average Bonchev–Trinajstić information content (AvgIpc) is 2.88. The lowest BCUT2D eigenvalue weighted by Crippen LogP contribution is -2.37. The van der Waals surface area contributed by atoms with Crippen LogP contribution in [0, 0.1) is 5.92 Å². The lowest BCUT2D eigenvalue weighted by molar-refractivity contribution is -0.142. The van der Waals surface area contributed by atoms with Crippen LogP contribution >= 0.6 is 0 Å². The molecule has 0 aliphatic carbocycles. The van der Waals surface area contributed by atoms with E-state index in [4.69, 9.17) is 0 Å². The first-order chi connectivity index (χ1) is 10.1. The van der Waals surface area contributed by atoms with Gasteiger partial charge in [0.1, 0.15) is 0 Å². The van der Waals surface area contributed by atoms with E-state index in [9.17, 15) is 14.7 Å². The van der Waals surface area contributed by atoms with Gasteiger partial charge in [-0.25, -0.2) is 0 Å². The molecular weight excluding hydrogens is 268 g/mol. The van der Waals surface area contributed by atoms with Crippen molar-refractivity contribution in [3.8, 4) is 0 Å². The van der Waals surface area contributed by atoms with Crippen LogP contribution < -0.4 is 0 Å². The number of likely N-dealkylation sites (tertiary alicyclic amines) is 1. The second kappa shape index (κ2) is 5.16. The van der Waals surface area contributed by atoms with E-state index >= 15 is 0 Å². The number of para-hydroxylation sites is 1. The van der Waals surface area contributed by atoms with Crippen molar-refractivity contribution in [3.63, 3.8) is 0 Å². The number of carboxylic acid groups (broad SMARTS) is 1. The Balaban J connectivity index is 1.97. The van der Waals surface area contributed by atoms with Gasteiger partial charge in [0.2, 0.25) is 0 Å². The number of pyridine rings is 1. The highest BCUT2D eigenvalue weighted by molar-refractivity contribution is 6.05. The normalized spacial score (nSPS) is 21.7. The Morgan fingerprint density at radius 2 is 2.05 bits per heavy atom. The zero-order valence-corrected chi connectivity index (χ0v) is 11.7. The highest BCUT2D eigenvalue weighted by atomic mass is 16.4. The minimum atomic E-state index is -0.839. The largest absolute Gasteiger partial charge is 0.481 e. The van der Waals surface area contributed by atoms with E-state index in [-0.39, 0.29) is 11.9 Å². The first-order valence-electron chi connectivity index (χ1n) is 6.97. The van der Waals surface area contributed by atoms with Gasteiger partial charge in [0.25, 0.3) is 5.91 Å². The molecule has 0 saturated carbocycles. The zero-order chi connectivity index (χ0) is 15.0. The maximum atomic E-state index is 12.7. The molecule has 1 fully saturated rings. The summed E-state index contributed by atoms with van der Waals surface area (Å²) in [6.07, 6.45) is 2.16. The molecule has 5 nitrogen and oxygen atoms in total. The van der Waals surface area contributed by atoms with Crippen LogP contribution in [0.2, 0.25) is 0 Å². The molecule has 2 unspecified atom stereocenters. The van der Waals surface area contributed by atoms with E-state index in [0.29, 0.717) is 24.0 Å². The minimum absolute atomic E-state index is 0.143. The third kappa shape index (κ3) is 2.24. The summed E-state index contributed by atoms with van der Waals surface area (Å²) in [5, 5.41) is 10.1. The van der Waals surface area contributed by atoms with Crippen LogP contribution in [0.15, 0.2) is 36.5 Å². The predicted octanol–water partition coefficient (Wildman–Crippen LogP) is 2.17. The quantitative estimate of drug-likeness (QED) is 0.917. The molecule has 1 saturated heterocycles. The smallest absolute Gasteiger partial charge is 0.308 e. The van der Waals surface area contributed by atoms with Gasteiger partial charge in [0, 0.05) is 24.2 Å². The number of carbonyl (C=O) groups excluding carboxylic acids is 1. The van der Waals surface area contributed by atoms with E-state index in [1.807, 2.05) is 24.3 Å². The standard InChI is InChI=1S/C16H16N2O3/c1-10-12(16(20)21)7-9-18(10)15(19)13-6-2-4-11-5-3-8-17-14(11)13/h2-6,8,10,12H,7,9H2,1H3,(H,20,21). The van der Waals surface area contributed by atoms with E-state index in [1.54, 1.807) is 24.1 Å². The molecule has 0 bridgehead atoms. The van der Waals surface area contributed by atoms with Gasteiger partial charge in [0.05, 0.1) is 17.0 Å². The minimum Gasteiger partial charge on any atom is -0.481 e. The molecule has 2 heterocycles. The Morgan fingerprint density at radius 3 is 2.76 bits per heavy atom. The van der Waals surface area contributed by atoms with Gasteiger partial charge in [0.15, 0.2) is 0 Å². The number of benzene rings is 1. The summed E-state index contributed by atoms with van der Waals surface area (Å²) in [6.45, 7) is 2.27. The fraction of sp³-hybridized carbons (Fsp3) is 0.312. The number of carbonyl (C=O) groups is 2. The number of hydrogen-bond acceptors (Lipinski definition) is 3. The molecular formula is C16H16N2O3. The summed E-state index contributed by atoms with van der Waals surface area (Å²) in [6, 6.07) is 8.92. The van der Waals surface area contributed by atoms with Gasteiger partial charge in [-0.1, -0.05) is 18.2 Å². The Kier molecular flexibility index (Phi) is 3.33. The molecule has 1 aliphatic rings. The van der Waals surface area contributed by atoms with Crippen LogP contribution in [0.25, 0.3) is 10.9 Å². The highest BCUT2D eigenvalue weighted by Gasteiger charge is 2.38. The van der Waals surface area contributed by atoms with Gasteiger partial charge >= 0.3 is 5.97 Å². The monoisotopic (exact) mass is 284 g/mol. The van der Waals surface area contributed by atoms with E-state index in [0.717, 1.165) is 5.39 Å². The summed E-state index contributed by atoms with van der Waals surface area (Å²) < 4.78 is 0. The highest BCUT2D eigenvalue weighted by Crippen LogP contribution is 2.27. The number of amides is 1. The van der Waals surface area contributed by atoms with Gasteiger partial charge < -0.3 is 10.0 Å². The molecule has 1 N–H and O–H groups in total. The SMILES string of the molecule is CC1C(C(=O)O)CCN1C(=O)c1cccc2cccnc12. The summed E-state index contributed by atoms with van der Waals surface area (Å²) in [5.74, 6) is -1.47. The van der Waals surface area contributed by atoms with Gasteiger partial charge in [-0.2, -0.15) is 0 Å². The van der Waals surface area contributed by atoms with Gasteiger partial charge in [-0.05, 0) is 25.5 Å². The van der Waals surface area contributed by atoms with Crippen LogP contribution in [0.4, 0.5) is 0 Å². The molecule has 1 amide bonds. The van der Waals surface area contributed by atoms with Crippen molar-refractivity contribution in [1.29, 1.82) is 0 Å². The van der Waals surface area contributed by atoms with Crippen molar-refractivity contribution in [2.75, 3.05) is 6.54 Å². The maximum Gasteiger partial charge on any atom is 0.308 e. The van der Waals surface area contributed by atoms with Crippen molar-refractivity contribution in [3.05, 3.63) is 42.1 Å². The maximum absolute atomic E-state index is 12.7. The molecule has 5 heteroatoms. The van der Waals surface area contributed by atoms with Crippen molar-refractivity contribution in [2.24, 2.45) is 5.92 Å². The van der Waals surface area contributed by atoms with Crippen LogP contribution in [0.3, 0.4) is 0 Å². The summed E-state index contributed by atoms with van der Waals surface area (Å²) >= 11 is 0. The Labute approximate surface area is 122 Å². The topological polar surface area (TPSA) is 70.5 Å². The Hall–Kier alpha value is -2.43. The van der Waals surface area contributed by atoms with Crippen molar-refractivity contribution < 1.29 is 14.7 Å². The molecule has 1 aromatic carbocycles. The molecule has 2 atom stereocenters. The van der Waals surface area contributed by atoms with Crippen molar-refractivity contribution >= 4 is 22.8 Å². The zero-order valence-electron chi connectivity index (χ0n) is 11.7. The lowest BCUT2D eigenvalue weighted by atomic mass is 10.0.